The third-order valence-electron chi connectivity index (χ3n) is 4.53. The van der Waals surface area contributed by atoms with E-state index in [2.05, 4.69) is 18.7 Å². The van der Waals surface area contributed by atoms with Crippen LogP contribution in [0.4, 0.5) is 0 Å². The molecule has 0 radical (unpaired) electrons. The maximum Gasteiger partial charge on any atom is 0.203 e. The molecule has 0 bridgehead atoms. The van der Waals surface area contributed by atoms with Gasteiger partial charge in [-0.15, -0.1) is 11.3 Å². The third-order valence-corrected chi connectivity index (χ3v) is 5.40. The lowest BCUT2D eigenvalue weighted by molar-refractivity contribution is 0.102. The first-order valence-electron chi connectivity index (χ1n) is 8.81. The zero-order valence-corrected chi connectivity index (χ0v) is 15.3. The first-order chi connectivity index (χ1) is 11.7. The maximum absolute atomic E-state index is 12.8. The number of benzene rings is 1. The van der Waals surface area contributed by atoms with Crippen LogP contribution in [0, 0.1) is 0 Å². The third kappa shape index (κ3) is 3.55. The highest BCUT2D eigenvalue weighted by Crippen LogP contribution is 2.31. The molecule has 3 rings (SSSR count). The smallest absolute Gasteiger partial charge is 0.203 e. The van der Waals surface area contributed by atoms with E-state index in [1.165, 1.54) is 11.3 Å². The molecule has 1 aliphatic heterocycles. The Labute approximate surface area is 148 Å². The van der Waals surface area contributed by atoms with E-state index in [0.717, 1.165) is 54.1 Å². The highest BCUT2D eigenvalue weighted by molar-refractivity contribution is 7.12. The van der Waals surface area contributed by atoms with Crippen LogP contribution in [-0.2, 0) is 6.42 Å². The van der Waals surface area contributed by atoms with E-state index in [4.69, 9.17) is 4.74 Å². The van der Waals surface area contributed by atoms with Crippen LogP contribution < -0.4 is 4.74 Å². The minimum absolute atomic E-state index is 0.114. The molecule has 1 unspecified atom stereocenters. The van der Waals surface area contributed by atoms with Gasteiger partial charge >= 0.3 is 0 Å². The summed E-state index contributed by atoms with van der Waals surface area (Å²) >= 11 is 1.50. The van der Waals surface area contributed by atoms with Crippen LogP contribution in [0.5, 0.6) is 5.75 Å². The summed E-state index contributed by atoms with van der Waals surface area (Å²) in [5.41, 5.74) is 1.87. The van der Waals surface area contributed by atoms with Crippen molar-refractivity contribution in [3.8, 4) is 5.75 Å². The second-order valence-electron chi connectivity index (χ2n) is 6.29. The van der Waals surface area contributed by atoms with Crippen molar-refractivity contribution in [2.75, 3.05) is 19.7 Å². The van der Waals surface area contributed by atoms with Gasteiger partial charge in [0.2, 0.25) is 5.78 Å². The van der Waals surface area contributed by atoms with Gasteiger partial charge in [-0.3, -0.25) is 9.69 Å². The zero-order chi connectivity index (χ0) is 16.9. The number of nitrogens with zero attached hydrogens (tertiary/aromatic N) is 1. The quantitative estimate of drug-likeness (QED) is 0.698. The van der Waals surface area contributed by atoms with Crippen LogP contribution >= 0.6 is 11.3 Å². The minimum Gasteiger partial charge on any atom is -0.492 e. The molecule has 2 heterocycles. The van der Waals surface area contributed by atoms with Crippen LogP contribution in [-0.4, -0.2) is 36.4 Å². The number of carbonyl (C=O) groups is 1. The second-order valence-corrected chi connectivity index (χ2v) is 7.24. The average Bonchev–Trinajstić information content (AvgIpc) is 3.14. The Morgan fingerprint density at radius 3 is 2.67 bits per heavy atom. The van der Waals surface area contributed by atoms with Gasteiger partial charge in [-0.2, -0.15) is 0 Å². The summed E-state index contributed by atoms with van der Waals surface area (Å²) in [5.74, 6) is 0.991. The SMILES string of the molecule is CCCN(CCC)C1COc2cccc(C(=O)c3cccs3)c2C1. The van der Waals surface area contributed by atoms with Crippen molar-refractivity contribution in [2.24, 2.45) is 0 Å². The largest absolute Gasteiger partial charge is 0.492 e. The lowest BCUT2D eigenvalue weighted by atomic mass is 9.93. The van der Waals surface area contributed by atoms with Gasteiger partial charge in [-0.05, 0) is 49.9 Å². The molecular formula is C20H25NO2S. The number of carbonyl (C=O) groups excluding carboxylic acids is 1. The van der Waals surface area contributed by atoms with Gasteiger partial charge < -0.3 is 4.74 Å². The van der Waals surface area contributed by atoms with E-state index < -0.39 is 0 Å². The fourth-order valence-electron chi connectivity index (χ4n) is 3.43. The fourth-order valence-corrected chi connectivity index (χ4v) is 4.11. The molecule has 3 nitrogen and oxygen atoms in total. The molecule has 1 aromatic heterocycles. The monoisotopic (exact) mass is 343 g/mol. The van der Waals surface area contributed by atoms with E-state index in [0.29, 0.717) is 12.6 Å². The van der Waals surface area contributed by atoms with Crippen molar-refractivity contribution in [1.29, 1.82) is 0 Å². The number of thiophene rings is 1. The van der Waals surface area contributed by atoms with Gasteiger partial charge in [0.25, 0.3) is 0 Å². The maximum atomic E-state index is 12.8. The van der Waals surface area contributed by atoms with Gasteiger partial charge in [0.15, 0.2) is 0 Å². The molecular weight excluding hydrogens is 318 g/mol. The van der Waals surface area contributed by atoms with Crippen LogP contribution in [0.2, 0.25) is 0 Å². The molecule has 1 aliphatic rings. The van der Waals surface area contributed by atoms with Gasteiger partial charge in [0.05, 0.1) is 4.88 Å². The molecule has 0 spiro atoms. The molecule has 128 valence electrons. The van der Waals surface area contributed by atoms with Crippen molar-refractivity contribution < 1.29 is 9.53 Å². The van der Waals surface area contributed by atoms with Crippen LogP contribution in [0.3, 0.4) is 0 Å². The molecule has 2 aromatic rings. The standard InChI is InChI=1S/C20H25NO2S/c1-3-10-21(11-4-2)15-13-17-16(7-5-8-18(17)23-14-15)20(22)19-9-6-12-24-19/h5-9,12,15H,3-4,10-11,13-14H2,1-2H3. The predicted molar refractivity (Wildman–Crippen MR) is 99.3 cm³/mol. The zero-order valence-electron chi connectivity index (χ0n) is 14.5. The Morgan fingerprint density at radius 2 is 2.00 bits per heavy atom. The van der Waals surface area contributed by atoms with Crippen molar-refractivity contribution in [2.45, 2.75) is 39.2 Å². The summed E-state index contributed by atoms with van der Waals surface area (Å²) in [6.45, 7) is 7.30. The molecule has 0 saturated heterocycles. The summed E-state index contributed by atoms with van der Waals surface area (Å²) in [5, 5.41) is 1.95. The van der Waals surface area contributed by atoms with Crippen LogP contribution in [0.25, 0.3) is 0 Å². The topological polar surface area (TPSA) is 29.5 Å². The Hall–Kier alpha value is -1.65. The van der Waals surface area contributed by atoms with Crippen molar-refractivity contribution in [3.05, 3.63) is 51.7 Å². The summed E-state index contributed by atoms with van der Waals surface area (Å²) < 4.78 is 6.03. The highest BCUT2D eigenvalue weighted by Gasteiger charge is 2.28. The molecule has 0 fully saturated rings. The molecule has 0 saturated carbocycles. The molecule has 0 aliphatic carbocycles. The van der Waals surface area contributed by atoms with Crippen LogP contribution in [0.15, 0.2) is 35.7 Å². The molecule has 0 N–H and O–H groups in total. The second kappa shape index (κ2) is 7.95. The van der Waals surface area contributed by atoms with Gasteiger partial charge in [-0.1, -0.05) is 32.0 Å². The van der Waals surface area contributed by atoms with Crippen LogP contribution in [0.1, 0.15) is 47.5 Å². The average molecular weight is 343 g/mol. The number of rotatable bonds is 7. The fraction of sp³-hybridized carbons (Fsp3) is 0.450. The first kappa shape index (κ1) is 17.2. The Kier molecular flexibility index (Phi) is 5.69. The number of hydrogen-bond acceptors (Lipinski definition) is 4. The van der Waals surface area contributed by atoms with E-state index in [9.17, 15) is 4.79 Å². The summed E-state index contributed by atoms with van der Waals surface area (Å²) in [6, 6.07) is 10.0. The van der Waals surface area contributed by atoms with Gasteiger partial charge in [0, 0.05) is 17.2 Å². The molecule has 0 amide bonds. The molecule has 1 aromatic carbocycles. The van der Waals surface area contributed by atoms with Crippen molar-refractivity contribution >= 4 is 17.1 Å². The number of hydrogen-bond donors (Lipinski definition) is 0. The Bertz CT molecular complexity index is 675. The molecule has 1 atom stereocenters. The first-order valence-corrected chi connectivity index (χ1v) is 9.69. The lowest BCUT2D eigenvalue weighted by Crippen LogP contribution is -2.44. The summed E-state index contributed by atoms with van der Waals surface area (Å²) in [6.07, 6.45) is 3.17. The summed E-state index contributed by atoms with van der Waals surface area (Å²) in [4.78, 5) is 16.2. The normalized spacial score (nSPS) is 16.7. The number of ether oxygens (including phenoxy) is 1. The van der Waals surface area contributed by atoms with Gasteiger partial charge in [-0.25, -0.2) is 0 Å². The molecule has 4 heteroatoms. The summed E-state index contributed by atoms with van der Waals surface area (Å²) in [7, 11) is 0. The van der Waals surface area contributed by atoms with E-state index >= 15 is 0 Å². The minimum atomic E-state index is 0.114. The highest BCUT2D eigenvalue weighted by atomic mass is 32.1. The van der Waals surface area contributed by atoms with E-state index in [1.54, 1.807) is 0 Å². The van der Waals surface area contributed by atoms with E-state index in [-0.39, 0.29) is 5.78 Å². The lowest BCUT2D eigenvalue weighted by Gasteiger charge is -2.35. The predicted octanol–water partition coefficient (Wildman–Crippen LogP) is 4.40. The van der Waals surface area contributed by atoms with Crippen molar-refractivity contribution in [1.82, 2.24) is 4.90 Å². The Balaban J connectivity index is 1.88. The molecule has 24 heavy (non-hydrogen) atoms. The van der Waals surface area contributed by atoms with E-state index in [1.807, 2.05) is 35.7 Å². The number of ketones is 1. The van der Waals surface area contributed by atoms with Crippen molar-refractivity contribution in [3.63, 3.8) is 0 Å². The number of fused-ring (bicyclic) bond motifs is 1. The Morgan fingerprint density at radius 1 is 1.21 bits per heavy atom. The van der Waals surface area contributed by atoms with Gasteiger partial charge in [0.1, 0.15) is 12.4 Å².